The van der Waals surface area contributed by atoms with Crippen LogP contribution in [-0.4, -0.2) is 56.3 Å². The molecule has 0 atom stereocenters. The van der Waals surface area contributed by atoms with Crippen LogP contribution >= 0.6 is 11.8 Å². The van der Waals surface area contributed by atoms with Crippen LogP contribution in [0.25, 0.3) is 0 Å². The third-order valence-corrected chi connectivity index (χ3v) is 3.50. The number of carboxylic acids is 1. The van der Waals surface area contributed by atoms with Gasteiger partial charge < -0.3 is 10.0 Å². The molecule has 1 amide bonds. The molecule has 0 radical (unpaired) electrons. The largest absolute Gasteiger partial charge is 0.478 e. The lowest BCUT2D eigenvalue weighted by Crippen LogP contribution is -2.38. The summed E-state index contributed by atoms with van der Waals surface area (Å²) in [5.41, 5.74) is 0.00243. The molecule has 1 N–H and O–H groups in total. The van der Waals surface area contributed by atoms with E-state index in [0.717, 1.165) is 11.5 Å². The predicted molar refractivity (Wildman–Crippen MR) is 63.4 cm³/mol. The minimum Gasteiger partial charge on any atom is -0.478 e. The van der Waals surface area contributed by atoms with E-state index in [1.165, 1.54) is 10.9 Å². The number of aromatic nitrogens is 2. The zero-order valence-corrected chi connectivity index (χ0v) is 10.2. The van der Waals surface area contributed by atoms with Gasteiger partial charge >= 0.3 is 5.97 Å². The number of nitrogens with zero attached hydrogens (tertiary/aromatic N) is 3. The van der Waals surface area contributed by atoms with Gasteiger partial charge in [0.25, 0.3) is 5.91 Å². The molecule has 1 fully saturated rings. The van der Waals surface area contributed by atoms with Crippen LogP contribution in [0.3, 0.4) is 0 Å². The SMILES string of the molecule is Cn1cc(C(=O)O)c(C(=O)N2CCSCC2)n1. The Hall–Kier alpha value is -1.50. The maximum absolute atomic E-state index is 12.1. The molecule has 1 aromatic rings. The van der Waals surface area contributed by atoms with E-state index in [1.807, 2.05) is 0 Å². The average molecular weight is 255 g/mol. The number of carbonyl (C=O) groups is 2. The lowest BCUT2D eigenvalue weighted by molar-refractivity contribution is 0.0677. The molecule has 2 rings (SSSR count). The topological polar surface area (TPSA) is 75.4 Å². The van der Waals surface area contributed by atoms with Crippen LogP contribution in [0.5, 0.6) is 0 Å². The lowest BCUT2D eigenvalue weighted by atomic mass is 10.2. The van der Waals surface area contributed by atoms with Crippen molar-refractivity contribution in [3.63, 3.8) is 0 Å². The van der Waals surface area contributed by atoms with Crippen LogP contribution in [0.1, 0.15) is 20.8 Å². The van der Waals surface area contributed by atoms with Crippen molar-refractivity contribution in [2.24, 2.45) is 7.05 Å². The third kappa shape index (κ3) is 2.44. The minimum atomic E-state index is -1.12. The van der Waals surface area contributed by atoms with Crippen LogP contribution in [0.15, 0.2) is 6.20 Å². The quantitative estimate of drug-likeness (QED) is 0.823. The number of aromatic carboxylic acids is 1. The van der Waals surface area contributed by atoms with Gasteiger partial charge in [-0.2, -0.15) is 16.9 Å². The van der Waals surface area contributed by atoms with Crippen molar-refractivity contribution in [3.8, 4) is 0 Å². The molecular weight excluding hydrogens is 242 g/mol. The number of amides is 1. The monoisotopic (exact) mass is 255 g/mol. The summed E-state index contributed by atoms with van der Waals surface area (Å²) in [5.74, 6) is 0.373. The maximum Gasteiger partial charge on any atom is 0.339 e. The highest BCUT2D eigenvalue weighted by molar-refractivity contribution is 7.99. The zero-order chi connectivity index (χ0) is 12.4. The van der Waals surface area contributed by atoms with E-state index in [-0.39, 0.29) is 17.2 Å². The molecule has 0 aliphatic carbocycles. The van der Waals surface area contributed by atoms with Gasteiger partial charge in [0.2, 0.25) is 0 Å². The summed E-state index contributed by atoms with van der Waals surface area (Å²) in [7, 11) is 1.61. The third-order valence-electron chi connectivity index (χ3n) is 2.56. The van der Waals surface area contributed by atoms with Crippen molar-refractivity contribution in [2.45, 2.75) is 0 Å². The highest BCUT2D eigenvalue weighted by Gasteiger charge is 2.26. The normalized spacial score (nSPS) is 15.9. The zero-order valence-electron chi connectivity index (χ0n) is 9.42. The fourth-order valence-corrected chi connectivity index (χ4v) is 2.62. The van der Waals surface area contributed by atoms with E-state index < -0.39 is 5.97 Å². The van der Waals surface area contributed by atoms with E-state index in [1.54, 1.807) is 23.7 Å². The standard InChI is InChI=1S/C10H13N3O3S/c1-12-6-7(10(15)16)8(11-12)9(14)13-2-4-17-5-3-13/h6H,2-5H2,1H3,(H,15,16). The smallest absolute Gasteiger partial charge is 0.339 e. The van der Waals surface area contributed by atoms with Crippen molar-refractivity contribution in [1.82, 2.24) is 14.7 Å². The van der Waals surface area contributed by atoms with Crippen molar-refractivity contribution in [2.75, 3.05) is 24.6 Å². The Morgan fingerprint density at radius 3 is 2.65 bits per heavy atom. The first-order valence-electron chi connectivity index (χ1n) is 5.23. The van der Waals surface area contributed by atoms with Gasteiger partial charge in [-0.3, -0.25) is 9.48 Å². The molecule has 0 bridgehead atoms. The summed E-state index contributed by atoms with van der Waals surface area (Å²) in [6.07, 6.45) is 1.36. The Morgan fingerprint density at radius 2 is 2.06 bits per heavy atom. The van der Waals surface area contributed by atoms with Crippen molar-refractivity contribution in [1.29, 1.82) is 0 Å². The van der Waals surface area contributed by atoms with Crippen LogP contribution in [0.4, 0.5) is 0 Å². The maximum atomic E-state index is 12.1. The number of rotatable bonds is 2. The molecule has 6 nitrogen and oxygen atoms in total. The van der Waals surface area contributed by atoms with Gasteiger partial charge in [0, 0.05) is 37.8 Å². The summed E-state index contributed by atoms with van der Waals surface area (Å²) in [5, 5.41) is 12.9. The fourth-order valence-electron chi connectivity index (χ4n) is 1.72. The predicted octanol–water partition coefficient (Wildman–Crippen LogP) is 0.307. The Kier molecular flexibility index (Phi) is 3.37. The first-order chi connectivity index (χ1) is 8.09. The van der Waals surface area contributed by atoms with Crippen LogP contribution in [0.2, 0.25) is 0 Å². The Labute approximate surface area is 103 Å². The summed E-state index contributed by atoms with van der Waals surface area (Å²) in [6.45, 7) is 1.30. The first kappa shape index (κ1) is 12.0. The van der Waals surface area contributed by atoms with Gasteiger partial charge in [0.05, 0.1) is 0 Å². The number of aryl methyl sites for hydroxylation is 1. The highest BCUT2D eigenvalue weighted by Crippen LogP contribution is 2.14. The Balaban J connectivity index is 2.26. The van der Waals surface area contributed by atoms with Crippen LogP contribution in [-0.2, 0) is 7.05 Å². The molecule has 2 heterocycles. The van der Waals surface area contributed by atoms with Gasteiger partial charge in [-0.25, -0.2) is 4.79 Å². The lowest BCUT2D eigenvalue weighted by Gasteiger charge is -2.25. The minimum absolute atomic E-state index is 0.0317. The van der Waals surface area contributed by atoms with Gasteiger partial charge in [-0.1, -0.05) is 0 Å². The van der Waals surface area contributed by atoms with Crippen molar-refractivity contribution < 1.29 is 14.7 Å². The second-order valence-corrected chi connectivity index (χ2v) is 5.00. The molecule has 0 aromatic carbocycles. The second-order valence-electron chi connectivity index (χ2n) is 3.77. The summed E-state index contributed by atoms with van der Waals surface area (Å²) in [6, 6.07) is 0. The number of thioether (sulfide) groups is 1. The molecule has 1 aromatic heterocycles. The molecule has 1 saturated heterocycles. The van der Waals surface area contributed by atoms with E-state index >= 15 is 0 Å². The molecule has 1 aliphatic rings. The van der Waals surface area contributed by atoms with Gasteiger partial charge in [0.15, 0.2) is 5.69 Å². The fraction of sp³-hybridized carbons (Fsp3) is 0.500. The molecular formula is C10H13N3O3S. The van der Waals surface area contributed by atoms with Gasteiger partial charge in [0.1, 0.15) is 5.56 Å². The van der Waals surface area contributed by atoms with Gasteiger partial charge in [-0.15, -0.1) is 0 Å². The molecule has 17 heavy (non-hydrogen) atoms. The van der Waals surface area contributed by atoms with Crippen molar-refractivity contribution in [3.05, 3.63) is 17.5 Å². The molecule has 0 saturated carbocycles. The summed E-state index contributed by atoms with van der Waals surface area (Å²) in [4.78, 5) is 24.8. The number of hydrogen-bond donors (Lipinski definition) is 1. The molecule has 92 valence electrons. The van der Waals surface area contributed by atoms with E-state index in [0.29, 0.717) is 13.1 Å². The van der Waals surface area contributed by atoms with E-state index in [9.17, 15) is 9.59 Å². The molecule has 7 heteroatoms. The van der Waals surface area contributed by atoms with E-state index in [2.05, 4.69) is 5.10 Å². The van der Waals surface area contributed by atoms with Gasteiger partial charge in [-0.05, 0) is 0 Å². The average Bonchev–Trinajstić information content (AvgIpc) is 2.72. The molecule has 0 unspecified atom stereocenters. The first-order valence-corrected chi connectivity index (χ1v) is 6.39. The van der Waals surface area contributed by atoms with Crippen molar-refractivity contribution >= 4 is 23.6 Å². The molecule has 0 spiro atoms. The summed E-state index contributed by atoms with van der Waals surface area (Å²) >= 11 is 1.79. The number of hydrogen-bond acceptors (Lipinski definition) is 4. The number of carbonyl (C=O) groups excluding carboxylic acids is 1. The Morgan fingerprint density at radius 1 is 1.41 bits per heavy atom. The summed E-state index contributed by atoms with van der Waals surface area (Å²) < 4.78 is 1.36. The highest BCUT2D eigenvalue weighted by atomic mass is 32.2. The Bertz CT molecular complexity index is 452. The second kappa shape index (κ2) is 4.79. The molecule has 1 aliphatic heterocycles. The van der Waals surface area contributed by atoms with Crippen LogP contribution in [0, 0.1) is 0 Å². The van der Waals surface area contributed by atoms with Crippen LogP contribution < -0.4 is 0 Å². The van der Waals surface area contributed by atoms with E-state index in [4.69, 9.17) is 5.11 Å². The number of carboxylic acid groups (broad SMARTS) is 1.